The summed E-state index contributed by atoms with van der Waals surface area (Å²) < 4.78 is 0. The Bertz CT molecular complexity index is 741. The fourth-order valence-electron chi connectivity index (χ4n) is 7.01. The van der Waals surface area contributed by atoms with Crippen molar-refractivity contribution in [3.8, 4) is 0 Å². The summed E-state index contributed by atoms with van der Waals surface area (Å²) in [5.74, 6) is 1.34. The fraction of sp³-hybridized carbons (Fsp3) is 0.810. The maximum atomic E-state index is 12.6. The molecule has 5 aliphatic carbocycles. The van der Waals surface area contributed by atoms with Crippen LogP contribution in [0, 0.1) is 29.1 Å². The van der Waals surface area contributed by atoms with E-state index >= 15 is 0 Å². The molecule has 0 unspecified atom stereocenters. The van der Waals surface area contributed by atoms with Crippen LogP contribution in [0.25, 0.3) is 0 Å². The minimum absolute atomic E-state index is 0.0977. The molecule has 3 N–H and O–H groups in total. The van der Waals surface area contributed by atoms with Crippen LogP contribution in [0.1, 0.15) is 64.7 Å². The van der Waals surface area contributed by atoms with E-state index < -0.39 is 17.5 Å². The molecule has 29 heavy (non-hydrogen) atoms. The molecule has 6 fully saturated rings. The molecule has 1 atom stereocenters. The molecule has 158 valence electrons. The van der Waals surface area contributed by atoms with Gasteiger partial charge in [0.05, 0.1) is 0 Å². The monoisotopic (exact) mass is 402 g/mol. The van der Waals surface area contributed by atoms with Gasteiger partial charge in [0.15, 0.2) is 0 Å². The molecule has 5 saturated carbocycles. The minimum atomic E-state index is -0.904. The molecule has 0 aromatic rings. The van der Waals surface area contributed by atoms with Crippen LogP contribution in [-0.2, 0) is 14.4 Å². The van der Waals surface area contributed by atoms with E-state index in [4.69, 9.17) is 0 Å². The number of carbonyl (C=O) groups is 4. The lowest BCUT2D eigenvalue weighted by atomic mass is 9.49. The van der Waals surface area contributed by atoms with Gasteiger partial charge in [0.1, 0.15) is 12.1 Å². The van der Waals surface area contributed by atoms with Crippen molar-refractivity contribution in [3.63, 3.8) is 0 Å². The van der Waals surface area contributed by atoms with Crippen molar-refractivity contribution in [2.45, 2.75) is 70.3 Å². The first-order valence-electron chi connectivity index (χ1n) is 11.0. The van der Waals surface area contributed by atoms with E-state index in [1.165, 1.54) is 19.3 Å². The average molecular weight is 402 g/mol. The largest absolute Gasteiger partial charge is 0.325 e. The lowest BCUT2D eigenvalue weighted by Gasteiger charge is -2.56. The van der Waals surface area contributed by atoms with E-state index in [2.05, 4.69) is 16.2 Å². The number of hydrazine groups is 1. The summed E-state index contributed by atoms with van der Waals surface area (Å²) in [5.41, 5.74) is 4.10. The van der Waals surface area contributed by atoms with Gasteiger partial charge in [0.25, 0.3) is 11.8 Å². The van der Waals surface area contributed by atoms with Crippen molar-refractivity contribution in [1.82, 2.24) is 21.1 Å². The third kappa shape index (κ3) is 3.30. The molecule has 5 amide bonds. The molecule has 8 nitrogen and oxygen atoms in total. The molecular formula is C21H30N4O4. The highest BCUT2D eigenvalue weighted by Crippen LogP contribution is 2.61. The molecule has 6 aliphatic rings. The van der Waals surface area contributed by atoms with Crippen molar-refractivity contribution < 1.29 is 19.2 Å². The zero-order valence-corrected chi connectivity index (χ0v) is 17.0. The van der Waals surface area contributed by atoms with Gasteiger partial charge in [-0.05, 0) is 87.4 Å². The van der Waals surface area contributed by atoms with Gasteiger partial charge in [-0.3, -0.25) is 30.1 Å². The minimum Gasteiger partial charge on any atom is -0.323 e. The van der Waals surface area contributed by atoms with Crippen LogP contribution in [0.2, 0.25) is 0 Å². The highest BCUT2D eigenvalue weighted by Gasteiger charge is 2.56. The Morgan fingerprint density at radius 1 is 1.00 bits per heavy atom. The fourth-order valence-corrected chi connectivity index (χ4v) is 7.01. The van der Waals surface area contributed by atoms with Gasteiger partial charge >= 0.3 is 6.03 Å². The standard InChI is InChI=1S/C21H30N4O4/c1-20(15-2-3-15)18(28)25(19(29)22-20)11-17(27)24-23-16(26)10-21-7-12-4-13(8-21)6-14(5-12)9-21/h12-15H,2-11H2,1H3,(H,22,29)(H,23,26)(H,24,27)/t12?,13?,14?,20-,21?/m0/s1. The highest BCUT2D eigenvalue weighted by atomic mass is 16.2. The Morgan fingerprint density at radius 3 is 2.10 bits per heavy atom. The summed E-state index contributed by atoms with van der Waals surface area (Å²) in [4.78, 5) is 50.4. The number of nitrogens with zero attached hydrogens (tertiary/aromatic N) is 1. The van der Waals surface area contributed by atoms with Gasteiger partial charge in [-0.15, -0.1) is 0 Å². The van der Waals surface area contributed by atoms with E-state index in [1.807, 2.05) is 0 Å². The summed E-state index contributed by atoms with van der Waals surface area (Å²) in [7, 11) is 0. The van der Waals surface area contributed by atoms with Gasteiger partial charge in [0, 0.05) is 6.42 Å². The lowest BCUT2D eigenvalue weighted by Crippen LogP contribution is -2.52. The number of rotatable bonds is 5. The first-order valence-corrected chi connectivity index (χ1v) is 11.0. The number of imide groups is 1. The quantitative estimate of drug-likeness (QED) is 0.478. The maximum absolute atomic E-state index is 12.6. The van der Waals surface area contributed by atoms with Gasteiger partial charge < -0.3 is 5.32 Å². The van der Waals surface area contributed by atoms with Crippen LogP contribution in [0.3, 0.4) is 0 Å². The Kier molecular flexibility index (Phi) is 4.19. The molecule has 1 aliphatic heterocycles. The van der Waals surface area contributed by atoms with Crippen LogP contribution >= 0.6 is 0 Å². The molecule has 0 radical (unpaired) electrons. The Morgan fingerprint density at radius 2 is 1.55 bits per heavy atom. The number of carbonyl (C=O) groups excluding carboxylic acids is 4. The van der Waals surface area contributed by atoms with Gasteiger partial charge in [-0.1, -0.05) is 0 Å². The van der Waals surface area contributed by atoms with Crippen LogP contribution in [0.15, 0.2) is 0 Å². The topological polar surface area (TPSA) is 108 Å². The molecule has 1 heterocycles. The summed E-state index contributed by atoms with van der Waals surface area (Å²) >= 11 is 0. The molecule has 8 heteroatoms. The molecule has 0 aromatic carbocycles. The molecule has 0 aromatic heterocycles. The number of hydrogen-bond donors (Lipinski definition) is 3. The zero-order valence-electron chi connectivity index (χ0n) is 17.0. The summed E-state index contributed by atoms with van der Waals surface area (Å²) in [6.07, 6.45) is 9.61. The number of urea groups is 1. The van der Waals surface area contributed by atoms with Crippen LogP contribution in [0.4, 0.5) is 4.79 Å². The zero-order chi connectivity index (χ0) is 20.4. The van der Waals surface area contributed by atoms with Gasteiger partial charge in [-0.2, -0.15) is 0 Å². The molecule has 6 rings (SSSR count). The molecule has 0 spiro atoms. The van der Waals surface area contributed by atoms with Crippen LogP contribution in [-0.4, -0.2) is 40.7 Å². The Labute approximate surface area is 170 Å². The Balaban J connectivity index is 1.12. The summed E-state index contributed by atoms with van der Waals surface area (Å²) in [6, 6.07) is -0.542. The summed E-state index contributed by atoms with van der Waals surface area (Å²) in [6.45, 7) is 1.33. The third-order valence-corrected chi connectivity index (χ3v) is 8.04. The normalized spacial score (nSPS) is 40.2. The molecule has 4 bridgehead atoms. The SMILES string of the molecule is C[C@@]1(C2CC2)NC(=O)N(CC(=O)NNC(=O)CC23CC4CC(CC(C4)C2)C3)C1=O. The van der Waals surface area contributed by atoms with Crippen molar-refractivity contribution in [2.75, 3.05) is 6.54 Å². The first-order chi connectivity index (χ1) is 13.8. The second-order valence-corrected chi connectivity index (χ2v) is 10.5. The van der Waals surface area contributed by atoms with E-state index in [0.29, 0.717) is 6.42 Å². The average Bonchev–Trinajstić information content (AvgIpc) is 3.45. The van der Waals surface area contributed by atoms with E-state index in [0.717, 1.165) is 54.8 Å². The summed E-state index contributed by atoms with van der Waals surface area (Å²) in [5, 5.41) is 2.72. The van der Waals surface area contributed by atoms with Crippen LogP contribution < -0.4 is 16.2 Å². The maximum Gasteiger partial charge on any atom is 0.325 e. The van der Waals surface area contributed by atoms with Crippen molar-refractivity contribution >= 4 is 23.8 Å². The van der Waals surface area contributed by atoms with E-state index in [1.54, 1.807) is 6.92 Å². The van der Waals surface area contributed by atoms with Crippen molar-refractivity contribution in [3.05, 3.63) is 0 Å². The number of amides is 5. The predicted octanol–water partition coefficient (Wildman–Crippen LogP) is 1.46. The second-order valence-electron chi connectivity index (χ2n) is 10.5. The second kappa shape index (κ2) is 6.44. The highest BCUT2D eigenvalue weighted by molar-refractivity contribution is 6.09. The Hall–Kier alpha value is -2.12. The predicted molar refractivity (Wildman–Crippen MR) is 103 cm³/mol. The van der Waals surface area contributed by atoms with Gasteiger partial charge in [0.2, 0.25) is 5.91 Å². The third-order valence-electron chi connectivity index (χ3n) is 8.04. The van der Waals surface area contributed by atoms with Crippen molar-refractivity contribution in [2.24, 2.45) is 29.1 Å². The first kappa shape index (κ1) is 18.9. The lowest BCUT2D eigenvalue weighted by molar-refractivity contribution is -0.137. The van der Waals surface area contributed by atoms with Crippen LogP contribution in [0.5, 0.6) is 0 Å². The van der Waals surface area contributed by atoms with E-state index in [-0.39, 0.29) is 29.7 Å². The smallest absolute Gasteiger partial charge is 0.323 e. The number of hydrogen-bond acceptors (Lipinski definition) is 4. The van der Waals surface area contributed by atoms with Gasteiger partial charge in [-0.25, -0.2) is 4.79 Å². The number of nitrogens with one attached hydrogen (secondary N) is 3. The molecule has 1 saturated heterocycles. The van der Waals surface area contributed by atoms with E-state index in [9.17, 15) is 19.2 Å². The molecular weight excluding hydrogens is 372 g/mol. The van der Waals surface area contributed by atoms with Crippen molar-refractivity contribution in [1.29, 1.82) is 0 Å².